The van der Waals surface area contributed by atoms with Crippen LogP contribution >= 0.6 is 11.6 Å². The van der Waals surface area contributed by atoms with Crippen molar-refractivity contribution in [3.8, 4) is 0 Å². The molecule has 2 aromatic rings. The van der Waals surface area contributed by atoms with E-state index in [1.165, 1.54) is 10.7 Å². The van der Waals surface area contributed by atoms with Crippen molar-refractivity contribution in [3.63, 3.8) is 0 Å². The second kappa shape index (κ2) is 11.5. The van der Waals surface area contributed by atoms with E-state index < -0.39 is 10.0 Å². The lowest BCUT2D eigenvalue weighted by molar-refractivity contribution is -0.120. The fraction of sp³-hybridized carbons (Fsp3) is 0.462. The predicted octanol–water partition coefficient (Wildman–Crippen LogP) is 4.58. The molecule has 0 aromatic heterocycles. The molecule has 0 bridgehead atoms. The number of halogens is 1. The number of hydrogen-bond acceptors (Lipinski definition) is 4. The van der Waals surface area contributed by atoms with E-state index in [1.54, 1.807) is 48.5 Å². The molecule has 35 heavy (non-hydrogen) atoms. The largest absolute Gasteiger partial charge is 0.349 e. The van der Waals surface area contributed by atoms with Gasteiger partial charge in [0.05, 0.1) is 17.0 Å². The molecule has 2 amide bonds. The summed E-state index contributed by atoms with van der Waals surface area (Å²) in [5, 5.41) is 6.44. The highest BCUT2D eigenvalue weighted by molar-refractivity contribution is 7.88. The zero-order valence-corrected chi connectivity index (χ0v) is 21.3. The number of para-hydroxylation sites is 1. The number of amides is 2. The summed E-state index contributed by atoms with van der Waals surface area (Å²) in [7, 11) is -3.53. The minimum atomic E-state index is -3.53. The van der Waals surface area contributed by atoms with Crippen molar-refractivity contribution in [1.82, 2.24) is 9.62 Å². The lowest BCUT2D eigenvalue weighted by atomic mass is 9.95. The monoisotopic (exact) mass is 517 g/mol. The van der Waals surface area contributed by atoms with Crippen LogP contribution in [0.25, 0.3) is 0 Å². The van der Waals surface area contributed by atoms with Crippen molar-refractivity contribution in [1.29, 1.82) is 0 Å². The molecule has 2 fully saturated rings. The zero-order chi connectivity index (χ0) is 24.8. The molecule has 1 saturated carbocycles. The van der Waals surface area contributed by atoms with Gasteiger partial charge in [-0.05, 0) is 49.4 Å². The molecule has 0 radical (unpaired) electrons. The number of piperidine rings is 1. The number of hydrogen-bond donors (Lipinski definition) is 2. The van der Waals surface area contributed by atoms with E-state index in [4.69, 9.17) is 11.6 Å². The number of benzene rings is 2. The Labute approximate surface area is 212 Å². The Morgan fingerprint density at radius 3 is 2.29 bits per heavy atom. The first-order valence-electron chi connectivity index (χ1n) is 12.3. The van der Waals surface area contributed by atoms with E-state index in [9.17, 15) is 18.0 Å². The third kappa shape index (κ3) is 6.63. The second-order valence-corrected chi connectivity index (χ2v) is 11.7. The van der Waals surface area contributed by atoms with E-state index in [0.717, 1.165) is 25.7 Å². The van der Waals surface area contributed by atoms with Gasteiger partial charge in [0.1, 0.15) is 0 Å². The van der Waals surface area contributed by atoms with Crippen molar-refractivity contribution < 1.29 is 18.0 Å². The van der Waals surface area contributed by atoms with Gasteiger partial charge in [-0.2, -0.15) is 0 Å². The van der Waals surface area contributed by atoms with Crippen LogP contribution in [0.4, 0.5) is 5.69 Å². The highest BCUT2D eigenvalue weighted by atomic mass is 35.5. The maximum atomic E-state index is 13.0. The van der Waals surface area contributed by atoms with Gasteiger partial charge in [-0.1, -0.05) is 61.2 Å². The van der Waals surface area contributed by atoms with E-state index in [0.29, 0.717) is 34.7 Å². The van der Waals surface area contributed by atoms with Crippen LogP contribution in [-0.2, 0) is 20.6 Å². The number of sulfonamides is 1. The van der Waals surface area contributed by atoms with Crippen molar-refractivity contribution in [2.45, 2.75) is 56.7 Å². The van der Waals surface area contributed by atoms with Gasteiger partial charge >= 0.3 is 0 Å². The number of carbonyl (C=O) groups excluding carboxylic acids is 2. The van der Waals surface area contributed by atoms with Crippen LogP contribution in [0.5, 0.6) is 0 Å². The van der Waals surface area contributed by atoms with Gasteiger partial charge in [0.25, 0.3) is 5.91 Å². The van der Waals surface area contributed by atoms with Crippen LogP contribution in [0.3, 0.4) is 0 Å². The Bertz CT molecular complexity index is 1160. The van der Waals surface area contributed by atoms with Crippen molar-refractivity contribution >= 4 is 39.1 Å². The molecule has 2 N–H and O–H groups in total. The third-order valence-corrected chi connectivity index (χ3v) is 9.08. The molecule has 0 unspecified atom stereocenters. The lowest BCUT2D eigenvalue weighted by Gasteiger charge is -2.30. The summed E-state index contributed by atoms with van der Waals surface area (Å²) in [6, 6.07) is 14.1. The van der Waals surface area contributed by atoms with Crippen LogP contribution in [0.15, 0.2) is 48.5 Å². The molecule has 9 heteroatoms. The Balaban J connectivity index is 1.34. The maximum absolute atomic E-state index is 13.0. The van der Waals surface area contributed by atoms with Gasteiger partial charge in [0.2, 0.25) is 15.9 Å². The SMILES string of the molecule is O=C(NC1CCCCC1)c1ccccc1NC(=O)C1CCN(S(=O)(=O)Cc2ccccc2Cl)CC1. The molecular weight excluding hydrogens is 486 g/mol. The number of carbonyl (C=O) groups is 2. The molecular formula is C26H32ClN3O4S. The van der Waals surface area contributed by atoms with Gasteiger partial charge in [-0.25, -0.2) is 12.7 Å². The fourth-order valence-electron chi connectivity index (χ4n) is 4.83. The Hall–Kier alpha value is -2.42. The van der Waals surface area contributed by atoms with Gasteiger partial charge in [-0.15, -0.1) is 0 Å². The van der Waals surface area contributed by atoms with Crippen LogP contribution in [-0.4, -0.2) is 43.7 Å². The lowest BCUT2D eigenvalue weighted by Crippen LogP contribution is -2.42. The topological polar surface area (TPSA) is 95.6 Å². The van der Waals surface area contributed by atoms with Crippen molar-refractivity contribution in [2.24, 2.45) is 5.92 Å². The molecule has 1 aliphatic carbocycles. The molecule has 188 valence electrons. The number of anilines is 1. The zero-order valence-electron chi connectivity index (χ0n) is 19.7. The minimum absolute atomic E-state index is 0.160. The second-order valence-electron chi connectivity index (χ2n) is 9.36. The fourth-order valence-corrected chi connectivity index (χ4v) is 6.71. The predicted molar refractivity (Wildman–Crippen MR) is 138 cm³/mol. The average Bonchev–Trinajstić information content (AvgIpc) is 2.86. The standard InChI is InChI=1S/C26H32ClN3O4S/c27-23-12-6-4-8-20(23)18-35(33,34)30-16-14-19(15-17-30)25(31)29-24-13-7-5-11-22(24)26(32)28-21-9-2-1-3-10-21/h4-8,11-13,19,21H,1-3,9-10,14-18H2,(H,28,32)(H,29,31). The van der Waals surface area contributed by atoms with E-state index in [-0.39, 0.29) is 42.6 Å². The van der Waals surface area contributed by atoms with E-state index >= 15 is 0 Å². The molecule has 0 spiro atoms. The molecule has 4 rings (SSSR count). The van der Waals surface area contributed by atoms with Crippen LogP contribution in [0.2, 0.25) is 5.02 Å². The molecule has 2 aromatic carbocycles. The maximum Gasteiger partial charge on any atom is 0.253 e. The third-order valence-electron chi connectivity index (χ3n) is 6.88. The highest BCUT2D eigenvalue weighted by Crippen LogP contribution is 2.26. The summed E-state index contributed by atoms with van der Waals surface area (Å²) in [6.07, 6.45) is 6.26. The number of rotatable bonds is 7. The van der Waals surface area contributed by atoms with Gasteiger partial charge in [0.15, 0.2) is 0 Å². The van der Waals surface area contributed by atoms with E-state index in [1.807, 2.05) is 0 Å². The minimum Gasteiger partial charge on any atom is -0.349 e. The summed E-state index contributed by atoms with van der Waals surface area (Å²) >= 11 is 6.14. The molecule has 7 nitrogen and oxygen atoms in total. The number of nitrogens with zero attached hydrogens (tertiary/aromatic N) is 1. The average molecular weight is 518 g/mol. The first-order chi connectivity index (χ1) is 16.8. The summed E-state index contributed by atoms with van der Waals surface area (Å²) in [5.41, 5.74) is 1.50. The van der Waals surface area contributed by atoms with Gasteiger partial charge in [0, 0.05) is 30.1 Å². The van der Waals surface area contributed by atoms with Crippen molar-refractivity contribution in [2.75, 3.05) is 18.4 Å². The summed E-state index contributed by atoms with van der Waals surface area (Å²) in [5.74, 6) is -0.844. The highest BCUT2D eigenvalue weighted by Gasteiger charge is 2.32. The Kier molecular flexibility index (Phi) is 8.46. The molecule has 1 aliphatic heterocycles. The van der Waals surface area contributed by atoms with E-state index in [2.05, 4.69) is 10.6 Å². The normalized spacial score (nSPS) is 18.2. The van der Waals surface area contributed by atoms with Gasteiger partial charge < -0.3 is 10.6 Å². The van der Waals surface area contributed by atoms with Crippen LogP contribution in [0, 0.1) is 5.92 Å². The first-order valence-corrected chi connectivity index (χ1v) is 14.2. The van der Waals surface area contributed by atoms with Crippen molar-refractivity contribution in [3.05, 3.63) is 64.7 Å². The molecule has 1 heterocycles. The summed E-state index contributed by atoms with van der Waals surface area (Å²) in [6.45, 7) is 0.545. The summed E-state index contributed by atoms with van der Waals surface area (Å²) < 4.78 is 27.2. The Morgan fingerprint density at radius 2 is 1.57 bits per heavy atom. The van der Waals surface area contributed by atoms with Gasteiger partial charge in [-0.3, -0.25) is 9.59 Å². The molecule has 1 saturated heterocycles. The molecule has 2 aliphatic rings. The number of nitrogens with one attached hydrogen (secondary N) is 2. The summed E-state index contributed by atoms with van der Waals surface area (Å²) in [4.78, 5) is 25.9. The Morgan fingerprint density at radius 1 is 0.914 bits per heavy atom. The molecule has 0 atom stereocenters. The van der Waals surface area contributed by atoms with Crippen LogP contribution < -0.4 is 10.6 Å². The van der Waals surface area contributed by atoms with Crippen LogP contribution in [0.1, 0.15) is 60.9 Å². The smallest absolute Gasteiger partial charge is 0.253 e. The first kappa shape index (κ1) is 25.7. The quantitative estimate of drug-likeness (QED) is 0.561.